The van der Waals surface area contributed by atoms with Gasteiger partial charge in [0.25, 0.3) is 5.91 Å². The lowest BCUT2D eigenvalue weighted by molar-refractivity contribution is 0.0946. The van der Waals surface area contributed by atoms with Crippen molar-refractivity contribution >= 4 is 40.8 Å². The summed E-state index contributed by atoms with van der Waals surface area (Å²) in [6, 6.07) is 3.87. The summed E-state index contributed by atoms with van der Waals surface area (Å²) in [5, 5.41) is 37.8. The molecule has 0 saturated heterocycles. The van der Waals surface area contributed by atoms with Gasteiger partial charge >= 0.3 is 0 Å². The van der Waals surface area contributed by atoms with Gasteiger partial charge in [0.15, 0.2) is 10.7 Å². The Bertz CT molecular complexity index is 982. The van der Waals surface area contributed by atoms with Gasteiger partial charge in [0.05, 0.1) is 5.02 Å². The second-order valence-electron chi connectivity index (χ2n) is 4.97. The highest BCUT2D eigenvalue weighted by Gasteiger charge is 2.19. The molecule has 2 heterocycles. The monoisotopic (exact) mass is 427 g/mol. The number of anilines is 1. The van der Waals surface area contributed by atoms with Crippen molar-refractivity contribution in [2.75, 3.05) is 17.6 Å². The Morgan fingerprint density at radius 3 is 3.00 bits per heavy atom. The molecule has 4 N–H and O–H groups in total. The molecule has 0 saturated carbocycles. The summed E-state index contributed by atoms with van der Waals surface area (Å²) >= 11 is 6.92. The van der Waals surface area contributed by atoms with E-state index < -0.39 is 11.7 Å². The molecule has 146 valence electrons. The predicted octanol–water partition coefficient (Wildman–Crippen LogP) is 1.15. The average molecular weight is 428 g/mol. The van der Waals surface area contributed by atoms with E-state index >= 15 is 0 Å². The molecule has 0 bridgehead atoms. The number of amides is 1. The molecule has 0 atom stereocenters. The van der Waals surface area contributed by atoms with Crippen LogP contribution < -0.4 is 10.6 Å². The van der Waals surface area contributed by atoms with Crippen LogP contribution in [0.4, 0.5) is 10.1 Å². The van der Waals surface area contributed by atoms with Crippen molar-refractivity contribution in [3.8, 4) is 0 Å². The minimum atomic E-state index is -0.586. The number of thioether (sulfide) groups is 1. The van der Waals surface area contributed by atoms with Crippen molar-refractivity contribution in [3.05, 3.63) is 40.6 Å². The first-order chi connectivity index (χ1) is 13.6. The Kier molecular flexibility index (Phi) is 6.33. The highest BCUT2D eigenvalue weighted by molar-refractivity contribution is 7.99. The zero-order valence-electron chi connectivity index (χ0n) is 13.8. The molecule has 28 heavy (non-hydrogen) atoms. The van der Waals surface area contributed by atoms with E-state index in [2.05, 4.69) is 51.4 Å². The number of rotatable bonds is 7. The van der Waals surface area contributed by atoms with Gasteiger partial charge in [-0.15, -0.1) is 5.10 Å². The first kappa shape index (κ1) is 19.5. The number of nitrogens with zero attached hydrogens (tertiary/aromatic N) is 6. The van der Waals surface area contributed by atoms with E-state index in [1.54, 1.807) is 0 Å². The van der Waals surface area contributed by atoms with Gasteiger partial charge in [-0.1, -0.05) is 28.5 Å². The van der Waals surface area contributed by atoms with Gasteiger partial charge in [-0.3, -0.25) is 4.79 Å². The molecule has 0 radical (unpaired) electrons. The van der Waals surface area contributed by atoms with E-state index in [0.29, 0.717) is 16.5 Å². The smallest absolute Gasteiger partial charge is 0.290 e. The van der Waals surface area contributed by atoms with Crippen LogP contribution in [0.15, 0.2) is 33.0 Å². The summed E-state index contributed by atoms with van der Waals surface area (Å²) < 4.78 is 17.9. The van der Waals surface area contributed by atoms with Gasteiger partial charge in [0.2, 0.25) is 11.7 Å². The van der Waals surface area contributed by atoms with Crippen molar-refractivity contribution in [2.24, 2.45) is 5.16 Å². The zero-order chi connectivity index (χ0) is 19.9. The fourth-order valence-corrected chi connectivity index (χ4v) is 2.85. The molecule has 0 aliphatic carbocycles. The molecule has 0 spiro atoms. The van der Waals surface area contributed by atoms with Crippen LogP contribution in [0.2, 0.25) is 5.02 Å². The van der Waals surface area contributed by atoms with Crippen molar-refractivity contribution in [1.29, 1.82) is 0 Å². The van der Waals surface area contributed by atoms with Crippen LogP contribution in [0, 0.1) is 5.82 Å². The highest BCUT2D eigenvalue weighted by atomic mass is 35.5. The third kappa shape index (κ3) is 4.72. The number of aromatic amines is 1. The van der Waals surface area contributed by atoms with E-state index in [9.17, 15) is 14.4 Å². The molecule has 2 aromatic heterocycles. The molecule has 0 aliphatic heterocycles. The number of oxime groups is 1. The third-order valence-corrected chi connectivity index (χ3v) is 4.39. The maximum absolute atomic E-state index is 13.3. The summed E-state index contributed by atoms with van der Waals surface area (Å²) in [5.74, 6) is -0.738. The number of benzene rings is 1. The largest absolute Gasteiger partial charge is 0.409 e. The Morgan fingerprint density at radius 2 is 2.29 bits per heavy atom. The molecule has 0 aliphatic rings. The number of carbonyl (C=O) groups excluding carboxylic acids is 1. The molecule has 3 aromatic rings. The summed E-state index contributed by atoms with van der Waals surface area (Å²) in [7, 11) is 0. The molecule has 12 nitrogen and oxygen atoms in total. The van der Waals surface area contributed by atoms with E-state index in [4.69, 9.17) is 11.6 Å². The molecule has 0 fully saturated rings. The number of hydrogen-bond acceptors (Lipinski definition) is 10. The van der Waals surface area contributed by atoms with Gasteiger partial charge in [-0.2, -0.15) is 0 Å². The van der Waals surface area contributed by atoms with E-state index in [1.165, 1.54) is 23.9 Å². The molecular weight excluding hydrogens is 417 g/mol. The number of hydrogen-bond donors (Lipinski definition) is 4. The van der Waals surface area contributed by atoms with Crippen LogP contribution in [-0.4, -0.2) is 60.2 Å². The Balaban J connectivity index is 1.58. The lowest BCUT2D eigenvalue weighted by atomic mass is 10.3. The van der Waals surface area contributed by atoms with Crippen LogP contribution in [0.5, 0.6) is 0 Å². The standard InChI is InChI=1S/C13H11ClFN9O3S/c14-7-5-6(1-2-8(7)15)17-10(20-26)9-13(22-27-21-9)28-4-3-16-12(25)11-18-23-24-19-11/h1-2,5,26H,3-4H2,(H,16,25)(H,17,20)(H,18,19,23,24). The highest BCUT2D eigenvalue weighted by Crippen LogP contribution is 2.22. The second kappa shape index (κ2) is 9.09. The Hall–Kier alpha value is -3.26. The summed E-state index contributed by atoms with van der Waals surface area (Å²) in [6.07, 6.45) is 0. The first-order valence-electron chi connectivity index (χ1n) is 7.50. The molecule has 1 amide bonds. The summed E-state index contributed by atoms with van der Waals surface area (Å²) in [6.45, 7) is 0.267. The maximum atomic E-state index is 13.3. The second-order valence-corrected chi connectivity index (χ2v) is 6.47. The van der Waals surface area contributed by atoms with Crippen molar-refractivity contribution in [3.63, 3.8) is 0 Å². The summed E-state index contributed by atoms with van der Waals surface area (Å²) in [5.41, 5.74) is 0.491. The predicted molar refractivity (Wildman–Crippen MR) is 94.9 cm³/mol. The minimum absolute atomic E-state index is 0.00866. The fourth-order valence-electron chi connectivity index (χ4n) is 1.91. The van der Waals surface area contributed by atoms with E-state index in [1.807, 2.05) is 0 Å². The lowest BCUT2D eigenvalue weighted by Crippen LogP contribution is -2.26. The number of H-pyrrole nitrogens is 1. The van der Waals surface area contributed by atoms with Crippen molar-refractivity contribution in [1.82, 2.24) is 36.3 Å². The average Bonchev–Trinajstić information content (AvgIpc) is 3.38. The van der Waals surface area contributed by atoms with Crippen LogP contribution in [0.3, 0.4) is 0 Å². The van der Waals surface area contributed by atoms with Crippen LogP contribution in [0.1, 0.15) is 16.3 Å². The van der Waals surface area contributed by atoms with Gasteiger partial charge in [0, 0.05) is 18.0 Å². The molecule has 1 aromatic carbocycles. The van der Waals surface area contributed by atoms with Gasteiger partial charge in [-0.25, -0.2) is 14.1 Å². The van der Waals surface area contributed by atoms with Gasteiger partial charge in [-0.05, 0) is 38.9 Å². The van der Waals surface area contributed by atoms with E-state index in [0.717, 1.165) is 6.07 Å². The number of nitrogens with one attached hydrogen (secondary N) is 3. The maximum Gasteiger partial charge on any atom is 0.290 e. The number of tetrazole rings is 1. The van der Waals surface area contributed by atoms with Crippen LogP contribution in [0.25, 0.3) is 0 Å². The van der Waals surface area contributed by atoms with Crippen LogP contribution in [-0.2, 0) is 0 Å². The zero-order valence-corrected chi connectivity index (χ0v) is 15.3. The van der Waals surface area contributed by atoms with Crippen LogP contribution >= 0.6 is 23.4 Å². The van der Waals surface area contributed by atoms with Gasteiger partial charge < -0.3 is 15.8 Å². The SMILES string of the molecule is O=C(NCCSc1nonc1C(=NO)Nc1ccc(F)c(Cl)c1)c1nnn[nH]1. The van der Waals surface area contributed by atoms with Crippen molar-refractivity contribution in [2.45, 2.75) is 5.03 Å². The quantitative estimate of drug-likeness (QED) is 0.107. The Labute approximate surface area is 164 Å². The first-order valence-corrected chi connectivity index (χ1v) is 8.86. The number of halogens is 2. The minimum Gasteiger partial charge on any atom is -0.409 e. The molecular formula is C13H11ClFN9O3S. The Morgan fingerprint density at radius 1 is 1.43 bits per heavy atom. The number of carbonyl (C=O) groups is 1. The van der Waals surface area contributed by atoms with Gasteiger partial charge in [0.1, 0.15) is 5.82 Å². The molecule has 0 unspecified atom stereocenters. The number of amidine groups is 1. The fraction of sp³-hybridized carbons (Fsp3) is 0.154. The lowest BCUT2D eigenvalue weighted by Gasteiger charge is -2.07. The topological polar surface area (TPSA) is 167 Å². The van der Waals surface area contributed by atoms with Crippen molar-refractivity contribution < 1.29 is 19.0 Å². The normalized spacial score (nSPS) is 11.4. The van der Waals surface area contributed by atoms with E-state index in [-0.39, 0.29) is 28.9 Å². The molecule has 3 rings (SSSR count). The third-order valence-electron chi connectivity index (χ3n) is 3.15. The molecule has 15 heteroatoms. The number of aromatic nitrogens is 6. The summed E-state index contributed by atoms with van der Waals surface area (Å²) in [4.78, 5) is 11.7.